The van der Waals surface area contributed by atoms with E-state index >= 15 is 0 Å². The Morgan fingerprint density at radius 2 is 1.00 bits per heavy atom. The molecule has 0 amide bonds. The second-order valence-corrected chi connectivity index (χ2v) is 8.87. The molecule has 0 atom stereocenters. The molecule has 0 aliphatic rings. The maximum atomic E-state index is 2.28. The zero-order chi connectivity index (χ0) is 22.2. The summed E-state index contributed by atoms with van der Waals surface area (Å²) in [5.41, 5.74) is 5.40. The van der Waals surface area contributed by atoms with Gasteiger partial charge in [-0.3, -0.25) is 0 Å². The first-order chi connectivity index (χ1) is 15.5. The Hall–Kier alpha value is -3.64. The molecular weight excluding hydrogens is 384 g/mol. The van der Waals surface area contributed by atoms with Gasteiger partial charge < -0.3 is 0 Å². The molecule has 6 rings (SSSR count). The van der Waals surface area contributed by atoms with Crippen LogP contribution in [0.15, 0.2) is 97.1 Å². The summed E-state index contributed by atoms with van der Waals surface area (Å²) in [6.45, 7) is 8.70. The average molecular weight is 413 g/mol. The van der Waals surface area contributed by atoms with Gasteiger partial charge in [-0.25, -0.2) is 0 Å². The summed E-state index contributed by atoms with van der Waals surface area (Å²) in [6.07, 6.45) is 0. The molecule has 0 saturated heterocycles. The van der Waals surface area contributed by atoms with Crippen LogP contribution in [0.2, 0.25) is 0 Å². The molecule has 0 radical (unpaired) electrons. The number of fused-ring (bicyclic) bond motifs is 6. The molecule has 0 fully saturated rings. The minimum atomic E-state index is 1.32. The molecule has 0 saturated carbocycles. The van der Waals surface area contributed by atoms with Crippen molar-refractivity contribution in [3.63, 3.8) is 0 Å². The first-order valence-electron chi connectivity index (χ1n) is 11.3. The van der Waals surface area contributed by atoms with Gasteiger partial charge in [0.2, 0.25) is 0 Å². The first-order valence-corrected chi connectivity index (χ1v) is 11.3. The minimum absolute atomic E-state index is 1.32. The number of hydrogen-bond acceptors (Lipinski definition) is 0. The van der Waals surface area contributed by atoms with E-state index < -0.39 is 0 Å². The Morgan fingerprint density at radius 1 is 0.375 bits per heavy atom. The van der Waals surface area contributed by atoms with Gasteiger partial charge >= 0.3 is 0 Å². The third kappa shape index (κ3) is 3.52. The lowest BCUT2D eigenvalue weighted by Gasteiger charge is -2.08. The van der Waals surface area contributed by atoms with Gasteiger partial charge in [-0.15, -0.1) is 0 Å². The van der Waals surface area contributed by atoms with Crippen molar-refractivity contribution in [2.75, 3.05) is 0 Å². The highest BCUT2D eigenvalue weighted by Crippen LogP contribution is 2.30. The van der Waals surface area contributed by atoms with E-state index in [1.54, 1.807) is 0 Å². The van der Waals surface area contributed by atoms with Crippen molar-refractivity contribution in [3.05, 3.63) is 119 Å². The fraction of sp³-hybridized carbons (Fsp3) is 0.125. The van der Waals surface area contributed by atoms with Gasteiger partial charge in [-0.05, 0) is 87.5 Å². The highest BCUT2D eigenvalue weighted by Gasteiger charge is 2.04. The zero-order valence-electron chi connectivity index (χ0n) is 19.2. The van der Waals surface area contributed by atoms with Gasteiger partial charge in [0.15, 0.2) is 0 Å². The molecule has 6 aromatic rings. The second kappa shape index (κ2) is 8.13. The zero-order valence-corrected chi connectivity index (χ0v) is 19.2. The topological polar surface area (TPSA) is 0 Å². The molecule has 0 aromatic heterocycles. The van der Waals surface area contributed by atoms with Crippen LogP contribution in [0, 0.1) is 27.7 Å². The van der Waals surface area contributed by atoms with Gasteiger partial charge in [0.1, 0.15) is 0 Å². The highest BCUT2D eigenvalue weighted by molar-refractivity contribution is 6.10. The molecular formula is C32H28. The second-order valence-electron chi connectivity index (χ2n) is 8.87. The quantitative estimate of drug-likeness (QED) is 0.218. The van der Waals surface area contributed by atoms with Gasteiger partial charge in [0.05, 0.1) is 0 Å². The van der Waals surface area contributed by atoms with Crippen LogP contribution in [0.5, 0.6) is 0 Å². The predicted octanol–water partition coefficient (Wildman–Crippen LogP) is 9.22. The van der Waals surface area contributed by atoms with Gasteiger partial charge in [0.25, 0.3) is 0 Å². The molecule has 32 heavy (non-hydrogen) atoms. The normalized spacial score (nSPS) is 11.1. The van der Waals surface area contributed by atoms with Crippen LogP contribution in [-0.2, 0) is 0 Å². The van der Waals surface area contributed by atoms with E-state index in [0.29, 0.717) is 0 Å². The Balaban J connectivity index is 0.000000135. The van der Waals surface area contributed by atoms with E-state index in [1.807, 2.05) is 0 Å². The molecule has 0 aliphatic heterocycles. The van der Waals surface area contributed by atoms with Crippen LogP contribution in [0.3, 0.4) is 0 Å². The summed E-state index contributed by atoms with van der Waals surface area (Å²) in [5.74, 6) is 0. The predicted molar refractivity (Wildman–Crippen MR) is 142 cm³/mol. The van der Waals surface area contributed by atoms with Crippen molar-refractivity contribution in [2.45, 2.75) is 27.7 Å². The summed E-state index contributed by atoms with van der Waals surface area (Å²) in [6, 6.07) is 35.0. The van der Waals surface area contributed by atoms with Crippen molar-refractivity contribution in [1.29, 1.82) is 0 Å². The molecule has 0 bridgehead atoms. The monoisotopic (exact) mass is 412 g/mol. The molecule has 156 valence electrons. The Morgan fingerprint density at radius 3 is 1.84 bits per heavy atom. The van der Waals surface area contributed by atoms with E-state index in [4.69, 9.17) is 0 Å². The van der Waals surface area contributed by atoms with Crippen molar-refractivity contribution >= 4 is 43.1 Å². The van der Waals surface area contributed by atoms with Crippen LogP contribution >= 0.6 is 0 Å². The van der Waals surface area contributed by atoms with Gasteiger partial charge in [0, 0.05) is 0 Å². The standard InChI is InChI=1S/2C16H14/c1-11-5-4-8-15-14(11)10-9-13-7-3-6-12(2)16(13)15;1-11-9-12(2)14-8-7-13-5-3-4-6-15(13)16(14)10-11/h2*3-10H,1-2H3. The molecule has 0 nitrogen and oxygen atoms in total. The number of hydrogen-bond donors (Lipinski definition) is 0. The van der Waals surface area contributed by atoms with Crippen molar-refractivity contribution < 1.29 is 0 Å². The molecule has 0 N–H and O–H groups in total. The summed E-state index contributed by atoms with van der Waals surface area (Å²) in [4.78, 5) is 0. The highest BCUT2D eigenvalue weighted by atomic mass is 14.1. The van der Waals surface area contributed by atoms with E-state index in [1.165, 1.54) is 65.3 Å². The van der Waals surface area contributed by atoms with Crippen molar-refractivity contribution in [3.8, 4) is 0 Å². The van der Waals surface area contributed by atoms with E-state index in [-0.39, 0.29) is 0 Å². The van der Waals surface area contributed by atoms with Gasteiger partial charge in [-0.1, -0.05) is 103 Å². The summed E-state index contributed by atoms with van der Waals surface area (Å²) >= 11 is 0. The smallest absolute Gasteiger partial charge is 0.00760 e. The third-order valence-corrected chi connectivity index (χ3v) is 6.54. The van der Waals surface area contributed by atoms with E-state index in [0.717, 1.165) is 0 Å². The molecule has 0 unspecified atom stereocenters. The molecule has 6 aromatic carbocycles. The maximum absolute atomic E-state index is 2.28. The Labute approximate surface area is 190 Å². The summed E-state index contributed by atoms with van der Waals surface area (Å²) in [7, 11) is 0. The number of aryl methyl sites for hydroxylation is 4. The fourth-order valence-corrected chi connectivity index (χ4v) is 4.97. The molecule has 0 heteroatoms. The van der Waals surface area contributed by atoms with Crippen LogP contribution in [0.4, 0.5) is 0 Å². The number of benzene rings is 6. The largest absolute Gasteiger partial charge is 0.0616 e. The molecule has 0 aliphatic carbocycles. The number of rotatable bonds is 0. The van der Waals surface area contributed by atoms with Gasteiger partial charge in [-0.2, -0.15) is 0 Å². The van der Waals surface area contributed by atoms with Crippen LogP contribution in [0.25, 0.3) is 43.1 Å². The fourth-order valence-electron chi connectivity index (χ4n) is 4.97. The SMILES string of the molecule is Cc1cc(C)c2ccc3ccccc3c2c1.Cc1cccc2c1ccc1cccc(C)c12. The third-order valence-electron chi connectivity index (χ3n) is 6.54. The molecule has 0 heterocycles. The van der Waals surface area contributed by atoms with Crippen LogP contribution in [0.1, 0.15) is 22.3 Å². The Kier molecular flexibility index (Phi) is 5.15. The summed E-state index contributed by atoms with van der Waals surface area (Å²) < 4.78 is 0. The van der Waals surface area contributed by atoms with E-state index in [9.17, 15) is 0 Å². The summed E-state index contributed by atoms with van der Waals surface area (Å²) in [5, 5.41) is 10.9. The first kappa shape index (κ1) is 20.3. The van der Waals surface area contributed by atoms with E-state index in [2.05, 4.69) is 125 Å². The average Bonchev–Trinajstić information content (AvgIpc) is 2.79. The Bertz CT molecular complexity index is 1600. The van der Waals surface area contributed by atoms with Crippen molar-refractivity contribution in [1.82, 2.24) is 0 Å². The van der Waals surface area contributed by atoms with Crippen LogP contribution in [-0.4, -0.2) is 0 Å². The van der Waals surface area contributed by atoms with Crippen LogP contribution < -0.4 is 0 Å². The van der Waals surface area contributed by atoms with Crippen molar-refractivity contribution in [2.24, 2.45) is 0 Å². The molecule has 0 spiro atoms. The lowest BCUT2D eigenvalue weighted by atomic mass is 9.96. The maximum Gasteiger partial charge on any atom is -0.00760 e. The minimum Gasteiger partial charge on any atom is -0.0616 e. The lowest BCUT2D eigenvalue weighted by molar-refractivity contribution is 1.43. The lowest BCUT2D eigenvalue weighted by Crippen LogP contribution is -1.83.